The second-order valence-electron chi connectivity index (χ2n) is 7.33. The molecule has 3 aromatic rings. The van der Waals surface area contributed by atoms with Gasteiger partial charge in [0.05, 0.1) is 16.3 Å². The van der Waals surface area contributed by atoms with Gasteiger partial charge in [0.15, 0.2) is 0 Å². The van der Waals surface area contributed by atoms with Crippen molar-refractivity contribution in [1.29, 1.82) is 0 Å². The highest BCUT2D eigenvalue weighted by atomic mass is 35.5. The number of piperazine rings is 1. The quantitative estimate of drug-likeness (QED) is 0.525. The minimum absolute atomic E-state index is 0.0628. The van der Waals surface area contributed by atoms with Crippen LogP contribution in [-0.2, 0) is 11.0 Å². The number of aryl methyl sites for hydroxylation is 2. The zero-order valence-corrected chi connectivity index (χ0v) is 18.8. The van der Waals surface area contributed by atoms with Crippen molar-refractivity contribution in [1.82, 2.24) is 29.5 Å². The van der Waals surface area contributed by atoms with E-state index in [1.165, 1.54) is 11.8 Å². The van der Waals surface area contributed by atoms with Crippen molar-refractivity contribution in [3.63, 3.8) is 0 Å². The number of nitrogens with zero attached hydrogens (tertiary/aromatic N) is 7. The molecule has 0 aliphatic carbocycles. The van der Waals surface area contributed by atoms with Gasteiger partial charge in [-0.15, -0.1) is 5.10 Å². The summed E-state index contributed by atoms with van der Waals surface area (Å²) in [7, 11) is 0. The Morgan fingerprint density at radius 3 is 2.53 bits per heavy atom. The first-order valence-electron chi connectivity index (χ1n) is 9.71. The van der Waals surface area contributed by atoms with E-state index >= 15 is 0 Å². The number of rotatable bonds is 4. The van der Waals surface area contributed by atoms with Crippen LogP contribution in [0, 0.1) is 13.8 Å². The number of carbonyl (C=O) groups is 1. The number of anilines is 1. The summed E-state index contributed by atoms with van der Waals surface area (Å²) in [5.74, 6) is 0.884. The molecule has 0 aromatic carbocycles. The fourth-order valence-electron chi connectivity index (χ4n) is 3.41. The minimum atomic E-state index is -4.50. The summed E-state index contributed by atoms with van der Waals surface area (Å²) < 4.78 is 40.0. The van der Waals surface area contributed by atoms with Crippen LogP contribution in [0.3, 0.4) is 0 Å². The van der Waals surface area contributed by atoms with Gasteiger partial charge in [0, 0.05) is 43.8 Å². The fraction of sp³-hybridized carbons (Fsp3) is 0.421. The number of alkyl halides is 3. The molecule has 0 unspecified atom stereocenters. The molecule has 1 aliphatic rings. The largest absolute Gasteiger partial charge is 0.417 e. The number of fused-ring (bicyclic) bond motifs is 1. The molecule has 170 valence electrons. The summed E-state index contributed by atoms with van der Waals surface area (Å²) in [6.07, 6.45) is -3.73. The smallest absolute Gasteiger partial charge is 0.352 e. The van der Waals surface area contributed by atoms with E-state index in [9.17, 15) is 18.0 Å². The van der Waals surface area contributed by atoms with Gasteiger partial charge in [0.25, 0.3) is 5.78 Å². The van der Waals surface area contributed by atoms with Gasteiger partial charge in [-0.25, -0.2) is 14.5 Å². The van der Waals surface area contributed by atoms with E-state index in [4.69, 9.17) is 11.6 Å². The van der Waals surface area contributed by atoms with Crippen molar-refractivity contribution in [2.45, 2.75) is 25.2 Å². The molecule has 0 atom stereocenters. The van der Waals surface area contributed by atoms with Crippen molar-refractivity contribution in [3.8, 4) is 0 Å². The van der Waals surface area contributed by atoms with Gasteiger partial charge in [-0.1, -0.05) is 23.4 Å². The number of aromatic nitrogens is 5. The minimum Gasteiger partial charge on any atom is -0.352 e. The Hall–Kier alpha value is -2.60. The second-order valence-corrected chi connectivity index (χ2v) is 8.68. The Morgan fingerprint density at radius 2 is 1.88 bits per heavy atom. The van der Waals surface area contributed by atoms with Crippen LogP contribution in [0.15, 0.2) is 23.5 Å². The van der Waals surface area contributed by atoms with E-state index in [0.717, 1.165) is 23.7 Å². The first kappa shape index (κ1) is 22.6. The van der Waals surface area contributed by atoms with Gasteiger partial charge in [-0.05, 0) is 26.0 Å². The number of amides is 1. The third-order valence-corrected chi connectivity index (χ3v) is 6.11. The number of pyridine rings is 1. The number of hydrogen-bond donors (Lipinski definition) is 0. The molecule has 0 spiro atoms. The zero-order valence-electron chi connectivity index (χ0n) is 17.2. The molecule has 0 bridgehead atoms. The Morgan fingerprint density at radius 1 is 1.16 bits per heavy atom. The third-order valence-electron chi connectivity index (χ3n) is 5.00. The van der Waals surface area contributed by atoms with E-state index in [0.29, 0.717) is 37.1 Å². The lowest BCUT2D eigenvalue weighted by Gasteiger charge is -2.35. The molecule has 13 heteroatoms. The van der Waals surface area contributed by atoms with Gasteiger partial charge in [0.1, 0.15) is 5.82 Å². The van der Waals surface area contributed by atoms with E-state index in [1.807, 2.05) is 19.9 Å². The maximum Gasteiger partial charge on any atom is 0.417 e. The SMILES string of the molecule is Cc1cc(C)n2nc(SCC(=O)N3CCN(c4ncc(C(F)(F)F)cc4Cl)CC3)nc2n1. The first-order chi connectivity index (χ1) is 15.1. The molecule has 0 N–H and O–H groups in total. The standard InChI is InChI=1S/C19H19ClF3N7OS/c1-11-7-12(2)30-17(25-11)26-18(27-30)32-10-15(31)28-3-5-29(6-4-28)16-14(20)8-13(9-24-16)19(21,22)23/h7-9H,3-6,10H2,1-2H3. The lowest BCUT2D eigenvalue weighted by molar-refractivity contribution is -0.137. The highest BCUT2D eigenvalue weighted by Crippen LogP contribution is 2.33. The van der Waals surface area contributed by atoms with Crippen molar-refractivity contribution in [3.05, 3.63) is 40.3 Å². The van der Waals surface area contributed by atoms with Crippen LogP contribution in [0.25, 0.3) is 5.78 Å². The fourth-order valence-corrected chi connectivity index (χ4v) is 4.42. The highest BCUT2D eigenvalue weighted by molar-refractivity contribution is 7.99. The van der Waals surface area contributed by atoms with Crippen LogP contribution in [0.5, 0.6) is 0 Å². The molecular weight excluding hydrogens is 467 g/mol. The topological polar surface area (TPSA) is 79.5 Å². The molecule has 32 heavy (non-hydrogen) atoms. The predicted molar refractivity (Wildman–Crippen MR) is 114 cm³/mol. The van der Waals surface area contributed by atoms with Crippen molar-refractivity contribution < 1.29 is 18.0 Å². The monoisotopic (exact) mass is 485 g/mol. The number of thioether (sulfide) groups is 1. The average molecular weight is 486 g/mol. The van der Waals surface area contributed by atoms with Gasteiger partial charge < -0.3 is 9.80 Å². The summed E-state index contributed by atoms with van der Waals surface area (Å²) >= 11 is 7.27. The normalized spacial score (nSPS) is 14.9. The van der Waals surface area contributed by atoms with Crippen LogP contribution < -0.4 is 4.90 Å². The van der Waals surface area contributed by atoms with Crippen LogP contribution >= 0.6 is 23.4 Å². The van der Waals surface area contributed by atoms with Crippen molar-refractivity contribution >= 4 is 40.9 Å². The molecule has 8 nitrogen and oxygen atoms in total. The molecule has 4 heterocycles. The van der Waals surface area contributed by atoms with Crippen LogP contribution in [0.2, 0.25) is 5.02 Å². The maximum atomic E-state index is 12.8. The second kappa shape index (κ2) is 8.74. The molecule has 0 saturated carbocycles. The van der Waals surface area contributed by atoms with Crippen LogP contribution in [-0.4, -0.2) is 67.3 Å². The molecule has 1 fully saturated rings. The Labute approximate surface area is 190 Å². The number of hydrogen-bond acceptors (Lipinski definition) is 7. The molecular formula is C19H19ClF3N7OS. The highest BCUT2D eigenvalue weighted by Gasteiger charge is 2.32. The maximum absolute atomic E-state index is 12.8. The van der Waals surface area contributed by atoms with E-state index in [2.05, 4.69) is 20.1 Å². The van der Waals surface area contributed by atoms with Crippen molar-refractivity contribution in [2.75, 3.05) is 36.8 Å². The van der Waals surface area contributed by atoms with Crippen molar-refractivity contribution in [2.24, 2.45) is 0 Å². The Kier molecular flexibility index (Phi) is 6.17. The summed E-state index contributed by atoms with van der Waals surface area (Å²) in [4.78, 5) is 28.7. The van der Waals surface area contributed by atoms with E-state index < -0.39 is 11.7 Å². The summed E-state index contributed by atoms with van der Waals surface area (Å²) in [6.45, 7) is 5.46. The van der Waals surface area contributed by atoms with E-state index in [-0.39, 0.29) is 22.5 Å². The van der Waals surface area contributed by atoms with Gasteiger partial charge in [0.2, 0.25) is 11.1 Å². The molecule has 4 rings (SSSR count). The Balaban J connectivity index is 1.33. The summed E-state index contributed by atoms with van der Waals surface area (Å²) in [5.41, 5.74) is 0.860. The first-order valence-corrected chi connectivity index (χ1v) is 11.1. The number of carbonyl (C=O) groups excluding carboxylic acids is 1. The lowest BCUT2D eigenvalue weighted by atomic mass is 10.2. The number of halogens is 4. The predicted octanol–water partition coefficient (Wildman–Crippen LogP) is 3.25. The molecule has 0 radical (unpaired) electrons. The summed E-state index contributed by atoms with van der Waals surface area (Å²) in [6, 6.07) is 2.77. The van der Waals surface area contributed by atoms with Gasteiger partial charge >= 0.3 is 6.18 Å². The zero-order chi connectivity index (χ0) is 23.0. The summed E-state index contributed by atoms with van der Waals surface area (Å²) in [5, 5.41) is 4.79. The van der Waals surface area contributed by atoms with Gasteiger partial charge in [-0.2, -0.15) is 18.2 Å². The Bertz CT molecular complexity index is 1160. The van der Waals surface area contributed by atoms with Crippen LogP contribution in [0.1, 0.15) is 17.0 Å². The molecule has 1 aliphatic heterocycles. The van der Waals surface area contributed by atoms with E-state index in [1.54, 1.807) is 14.3 Å². The molecule has 1 saturated heterocycles. The lowest BCUT2D eigenvalue weighted by Crippen LogP contribution is -2.49. The van der Waals surface area contributed by atoms with Gasteiger partial charge in [-0.3, -0.25) is 4.79 Å². The molecule has 3 aromatic heterocycles. The van der Waals surface area contributed by atoms with Crippen LogP contribution in [0.4, 0.5) is 19.0 Å². The molecule has 1 amide bonds. The average Bonchev–Trinajstić information content (AvgIpc) is 3.15. The third kappa shape index (κ3) is 4.75.